The van der Waals surface area contributed by atoms with Crippen LogP contribution in [-0.2, 0) is 6.18 Å². The number of carbonyl (C=O) groups excluding carboxylic acids is 1. The summed E-state index contributed by atoms with van der Waals surface area (Å²) in [6.45, 7) is 7.85. The fourth-order valence-corrected chi connectivity index (χ4v) is 5.46. The summed E-state index contributed by atoms with van der Waals surface area (Å²) in [5, 5.41) is 5.80. The van der Waals surface area contributed by atoms with Crippen LogP contribution < -0.4 is 15.4 Å². The smallest absolute Gasteiger partial charge is 0.418 e. The number of ether oxygens (including phenoxy) is 1. The standard InChI is InChI=1S/C27H35F3N8O2/c1-4-31-23-22-19(27(28,29)30)16-32-24(22)35-26(34-23)33-20-6-5-17(15-21(20)40-3)25(39)38-9-7-18(8-10-38)37-13-11-36(2)12-14-37/h5-6,15-16,18H,4,7-14H2,1-3H3,(H3,31,32,33,34,35). The molecule has 0 aliphatic carbocycles. The van der Waals surface area contributed by atoms with Gasteiger partial charge in [-0.25, -0.2) is 0 Å². The van der Waals surface area contributed by atoms with E-state index in [9.17, 15) is 18.0 Å². The largest absolute Gasteiger partial charge is 0.495 e. The van der Waals surface area contributed by atoms with Crippen LogP contribution in [-0.4, -0.2) is 102 Å². The average molecular weight is 561 g/mol. The Kier molecular flexibility index (Phi) is 8.04. The number of alkyl halides is 3. The molecule has 0 radical (unpaired) electrons. The first-order chi connectivity index (χ1) is 19.2. The van der Waals surface area contributed by atoms with Gasteiger partial charge in [-0.2, -0.15) is 23.1 Å². The van der Waals surface area contributed by atoms with Gasteiger partial charge in [0.1, 0.15) is 17.2 Å². The van der Waals surface area contributed by atoms with E-state index in [-0.39, 0.29) is 28.7 Å². The molecule has 3 aromatic rings. The molecule has 4 heterocycles. The maximum atomic E-state index is 13.5. The number of anilines is 3. The summed E-state index contributed by atoms with van der Waals surface area (Å²) in [5.41, 5.74) is 0.200. The minimum Gasteiger partial charge on any atom is -0.495 e. The molecule has 1 aromatic carbocycles. The second-order valence-corrected chi connectivity index (χ2v) is 10.3. The molecular formula is C27H35F3N8O2. The van der Waals surface area contributed by atoms with Crippen LogP contribution in [0.3, 0.4) is 0 Å². The SMILES string of the molecule is CCNc1nc(Nc2ccc(C(=O)N3CCC(N4CCN(C)CC4)CC3)cc2OC)nc2[nH]cc(C(F)(F)F)c12. The number of carbonyl (C=O) groups is 1. The molecule has 2 aliphatic heterocycles. The molecule has 3 N–H and O–H groups in total. The van der Waals surface area contributed by atoms with Crippen molar-refractivity contribution in [1.29, 1.82) is 0 Å². The molecule has 1 amide bonds. The number of rotatable bonds is 7. The van der Waals surface area contributed by atoms with E-state index in [1.165, 1.54) is 7.11 Å². The number of piperazine rings is 1. The highest BCUT2D eigenvalue weighted by Crippen LogP contribution is 2.38. The lowest BCUT2D eigenvalue weighted by molar-refractivity contribution is -0.136. The molecule has 40 heavy (non-hydrogen) atoms. The number of H-pyrrole nitrogens is 1. The Hall–Kier alpha value is -3.58. The fraction of sp³-hybridized carbons (Fsp3) is 0.519. The zero-order chi connectivity index (χ0) is 28.4. The number of likely N-dealkylation sites (tertiary alicyclic amines) is 1. The lowest BCUT2D eigenvalue weighted by Gasteiger charge is -2.42. The zero-order valence-electron chi connectivity index (χ0n) is 22.9. The molecule has 5 rings (SSSR count). The molecular weight excluding hydrogens is 525 g/mol. The van der Waals surface area contributed by atoms with Crippen molar-refractivity contribution in [2.24, 2.45) is 0 Å². The molecule has 2 aromatic heterocycles. The van der Waals surface area contributed by atoms with Gasteiger partial charge in [-0.15, -0.1) is 0 Å². The number of halogens is 3. The molecule has 0 unspecified atom stereocenters. The van der Waals surface area contributed by atoms with Crippen molar-refractivity contribution in [1.82, 2.24) is 29.7 Å². The molecule has 0 atom stereocenters. The van der Waals surface area contributed by atoms with Gasteiger partial charge >= 0.3 is 6.18 Å². The molecule has 2 saturated heterocycles. The number of fused-ring (bicyclic) bond motifs is 1. The van der Waals surface area contributed by atoms with Gasteiger partial charge in [0.15, 0.2) is 0 Å². The Morgan fingerprint density at radius 2 is 1.85 bits per heavy atom. The highest BCUT2D eigenvalue weighted by atomic mass is 19.4. The monoisotopic (exact) mass is 560 g/mol. The highest BCUT2D eigenvalue weighted by Gasteiger charge is 2.36. The summed E-state index contributed by atoms with van der Waals surface area (Å²) < 4.78 is 46.0. The third-order valence-corrected chi connectivity index (χ3v) is 7.68. The van der Waals surface area contributed by atoms with E-state index in [1.54, 1.807) is 25.1 Å². The van der Waals surface area contributed by atoms with Gasteiger partial charge in [0.2, 0.25) is 5.95 Å². The fourth-order valence-electron chi connectivity index (χ4n) is 5.46. The van der Waals surface area contributed by atoms with Crippen LogP contribution in [0.5, 0.6) is 5.75 Å². The Labute approximate surface area is 230 Å². The Morgan fingerprint density at radius 1 is 1.12 bits per heavy atom. The van der Waals surface area contributed by atoms with Crippen molar-refractivity contribution in [3.8, 4) is 5.75 Å². The topological polar surface area (TPSA) is 102 Å². The van der Waals surface area contributed by atoms with Crippen molar-refractivity contribution >= 4 is 34.4 Å². The van der Waals surface area contributed by atoms with Crippen LogP contribution in [0.2, 0.25) is 0 Å². The normalized spacial score (nSPS) is 17.8. The number of hydrogen-bond acceptors (Lipinski definition) is 8. The maximum Gasteiger partial charge on any atom is 0.418 e. The van der Waals surface area contributed by atoms with Gasteiger partial charge in [-0.1, -0.05) is 0 Å². The number of hydrogen-bond donors (Lipinski definition) is 3. The maximum absolute atomic E-state index is 13.5. The van der Waals surface area contributed by atoms with Crippen molar-refractivity contribution in [2.75, 3.05) is 70.6 Å². The van der Waals surface area contributed by atoms with Crippen LogP contribution >= 0.6 is 0 Å². The summed E-state index contributed by atoms with van der Waals surface area (Å²) in [4.78, 5) is 31.2. The molecule has 13 heteroatoms. The van der Waals surface area contributed by atoms with Crippen LogP contribution in [0.4, 0.5) is 30.6 Å². The van der Waals surface area contributed by atoms with Gasteiger partial charge in [0, 0.05) is 63.6 Å². The van der Waals surface area contributed by atoms with Crippen molar-refractivity contribution in [3.63, 3.8) is 0 Å². The van der Waals surface area contributed by atoms with Gasteiger partial charge < -0.3 is 30.2 Å². The predicted molar refractivity (Wildman–Crippen MR) is 147 cm³/mol. The summed E-state index contributed by atoms with van der Waals surface area (Å²) in [6, 6.07) is 5.58. The number of piperidine rings is 1. The van der Waals surface area contributed by atoms with Crippen molar-refractivity contribution in [2.45, 2.75) is 32.0 Å². The molecule has 2 fully saturated rings. The molecule has 2 aliphatic rings. The highest BCUT2D eigenvalue weighted by molar-refractivity contribution is 5.96. The minimum absolute atomic E-state index is 0.0477. The van der Waals surface area contributed by atoms with Crippen LogP contribution in [0, 0.1) is 0 Å². The quantitative estimate of drug-likeness (QED) is 0.399. The van der Waals surface area contributed by atoms with E-state index in [2.05, 4.69) is 42.4 Å². The lowest BCUT2D eigenvalue weighted by Crippen LogP contribution is -2.52. The number of methoxy groups -OCH3 is 1. The third-order valence-electron chi connectivity index (χ3n) is 7.68. The zero-order valence-corrected chi connectivity index (χ0v) is 22.9. The van der Waals surface area contributed by atoms with Gasteiger partial charge in [0.25, 0.3) is 5.91 Å². The lowest BCUT2D eigenvalue weighted by atomic mass is 10.0. The number of likely N-dealkylation sites (N-methyl/N-ethyl adjacent to an activating group) is 1. The number of nitrogens with zero attached hydrogens (tertiary/aromatic N) is 5. The van der Waals surface area contributed by atoms with Crippen LogP contribution in [0.25, 0.3) is 11.0 Å². The molecule has 0 saturated carbocycles. The molecule has 10 nitrogen and oxygen atoms in total. The second-order valence-electron chi connectivity index (χ2n) is 10.3. The predicted octanol–water partition coefficient (Wildman–Crippen LogP) is 4.01. The first-order valence-electron chi connectivity index (χ1n) is 13.5. The summed E-state index contributed by atoms with van der Waals surface area (Å²) >= 11 is 0. The number of nitrogens with one attached hydrogen (secondary N) is 3. The minimum atomic E-state index is -4.55. The average Bonchev–Trinajstić information content (AvgIpc) is 3.39. The van der Waals surface area contributed by atoms with Crippen molar-refractivity contribution in [3.05, 3.63) is 35.5 Å². The van der Waals surface area contributed by atoms with Crippen molar-refractivity contribution < 1.29 is 22.7 Å². The second kappa shape index (κ2) is 11.5. The van der Waals surface area contributed by atoms with E-state index in [0.29, 0.717) is 42.7 Å². The Bertz CT molecular complexity index is 1350. The Balaban J connectivity index is 1.30. The summed E-state index contributed by atoms with van der Waals surface area (Å²) in [7, 11) is 3.64. The number of aromatic amines is 1. The Morgan fingerprint density at radius 3 is 2.50 bits per heavy atom. The summed E-state index contributed by atoms with van der Waals surface area (Å²) in [6.07, 6.45) is -1.75. The van der Waals surface area contributed by atoms with Crippen LogP contribution in [0.1, 0.15) is 35.7 Å². The van der Waals surface area contributed by atoms with Gasteiger partial charge in [-0.3, -0.25) is 9.69 Å². The van der Waals surface area contributed by atoms with E-state index < -0.39 is 11.7 Å². The number of benzene rings is 1. The van der Waals surface area contributed by atoms with Crippen LogP contribution in [0.15, 0.2) is 24.4 Å². The third kappa shape index (κ3) is 5.80. The molecule has 216 valence electrons. The first-order valence-corrected chi connectivity index (χ1v) is 13.5. The van der Waals surface area contributed by atoms with E-state index in [1.807, 2.05) is 4.90 Å². The number of aromatic nitrogens is 3. The molecule has 0 spiro atoms. The van der Waals surface area contributed by atoms with E-state index in [4.69, 9.17) is 4.74 Å². The van der Waals surface area contributed by atoms with Gasteiger partial charge in [0.05, 0.1) is 23.7 Å². The van der Waals surface area contributed by atoms with E-state index >= 15 is 0 Å². The molecule has 0 bridgehead atoms. The first kappa shape index (κ1) is 28.0. The van der Waals surface area contributed by atoms with Gasteiger partial charge in [-0.05, 0) is 45.0 Å². The number of amides is 1. The summed E-state index contributed by atoms with van der Waals surface area (Å²) in [5.74, 6) is 0.492. The van der Waals surface area contributed by atoms with E-state index in [0.717, 1.165) is 45.2 Å².